The Morgan fingerprint density at radius 3 is 2.56 bits per heavy atom. The number of amides is 2. The first-order valence-electron chi connectivity index (χ1n) is 7.03. The van der Waals surface area contributed by atoms with Crippen molar-refractivity contribution in [2.24, 2.45) is 0 Å². The number of carbonyl (C=O) groups is 2. The molecular weight excluding hydrogens is 449 g/mol. The SMILES string of the molecule is O=C1SC(=Cc2ccc(O)c(Br)c2)C(=O)N1Cc1ccc(Cl)c(Cl)c1. The van der Waals surface area contributed by atoms with Crippen molar-refractivity contribution in [3.8, 4) is 5.75 Å². The van der Waals surface area contributed by atoms with Gasteiger partial charge in [0.1, 0.15) is 5.75 Å². The predicted octanol–water partition coefficient (Wildman–Crippen LogP) is 5.70. The minimum absolute atomic E-state index is 0.102. The summed E-state index contributed by atoms with van der Waals surface area (Å²) in [5.74, 6) is -0.268. The summed E-state index contributed by atoms with van der Waals surface area (Å²) in [6.07, 6.45) is 1.62. The molecule has 25 heavy (non-hydrogen) atoms. The van der Waals surface area contributed by atoms with E-state index in [-0.39, 0.29) is 23.4 Å². The van der Waals surface area contributed by atoms with Gasteiger partial charge in [0.05, 0.1) is 26.0 Å². The van der Waals surface area contributed by atoms with Crippen LogP contribution in [0.4, 0.5) is 4.79 Å². The fourth-order valence-electron chi connectivity index (χ4n) is 2.22. The fraction of sp³-hybridized carbons (Fsp3) is 0.0588. The van der Waals surface area contributed by atoms with Crippen LogP contribution in [0.3, 0.4) is 0 Å². The first-order valence-corrected chi connectivity index (χ1v) is 9.39. The van der Waals surface area contributed by atoms with E-state index < -0.39 is 0 Å². The third kappa shape index (κ3) is 4.03. The number of thioether (sulfide) groups is 1. The summed E-state index contributed by atoms with van der Waals surface area (Å²) in [6, 6.07) is 9.82. The quantitative estimate of drug-likeness (QED) is 0.599. The van der Waals surface area contributed by atoms with Gasteiger partial charge in [0.15, 0.2) is 0 Å². The zero-order chi connectivity index (χ0) is 18.1. The molecule has 0 aliphatic carbocycles. The smallest absolute Gasteiger partial charge is 0.293 e. The molecule has 0 atom stereocenters. The van der Waals surface area contributed by atoms with E-state index in [9.17, 15) is 14.7 Å². The maximum absolute atomic E-state index is 12.5. The van der Waals surface area contributed by atoms with Crippen molar-refractivity contribution in [2.75, 3.05) is 0 Å². The number of aromatic hydroxyl groups is 1. The lowest BCUT2D eigenvalue weighted by atomic mass is 10.2. The minimum Gasteiger partial charge on any atom is -0.507 e. The number of hydrogen-bond acceptors (Lipinski definition) is 4. The van der Waals surface area contributed by atoms with E-state index in [1.165, 1.54) is 6.07 Å². The van der Waals surface area contributed by atoms with Crippen molar-refractivity contribution >= 4 is 68.1 Å². The summed E-state index contributed by atoms with van der Waals surface area (Å²) >= 11 is 15.9. The number of carbonyl (C=O) groups excluding carboxylic acids is 2. The molecule has 1 aliphatic heterocycles. The van der Waals surface area contributed by atoms with Crippen molar-refractivity contribution in [1.29, 1.82) is 0 Å². The van der Waals surface area contributed by atoms with E-state index in [2.05, 4.69) is 15.9 Å². The normalized spacial score (nSPS) is 16.1. The van der Waals surface area contributed by atoms with Crippen molar-refractivity contribution in [2.45, 2.75) is 6.54 Å². The second-order valence-corrected chi connectivity index (χ2v) is 7.89. The van der Waals surface area contributed by atoms with Crippen LogP contribution in [-0.4, -0.2) is 21.2 Å². The van der Waals surface area contributed by atoms with Crippen molar-refractivity contribution in [3.63, 3.8) is 0 Å². The average Bonchev–Trinajstić information content (AvgIpc) is 2.82. The molecule has 0 radical (unpaired) electrons. The zero-order valence-corrected chi connectivity index (χ0v) is 16.4. The monoisotopic (exact) mass is 457 g/mol. The number of imide groups is 1. The van der Waals surface area contributed by atoms with Gasteiger partial charge >= 0.3 is 0 Å². The van der Waals surface area contributed by atoms with Crippen molar-refractivity contribution < 1.29 is 14.7 Å². The van der Waals surface area contributed by atoms with Gasteiger partial charge in [-0.2, -0.15) is 0 Å². The molecule has 0 spiro atoms. The molecule has 1 N–H and O–H groups in total. The number of benzene rings is 2. The predicted molar refractivity (Wildman–Crippen MR) is 104 cm³/mol. The van der Waals surface area contributed by atoms with E-state index in [0.29, 0.717) is 30.6 Å². The highest BCUT2D eigenvalue weighted by molar-refractivity contribution is 9.10. The van der Waals surface area contributed by atoms with Gasteiger partial charge in [-0.15, -0.1) is 0 Å². The van der Waals surface area contributed by atoms with E-state index in [4.69, 9.17) is 23.2 Å². The maximum atomic E-state index is 12.5. The summed E-state index contributed by atoms with van der Waals surface area (Å²) < 4.78 is 0.510. The highest BCUT2D eigenvalue weighted by atomic mass is 79.9. The molecule has 128 valence electrons. The number of rotatable bonds is 3. The highest BCUT2D eigenvalue weighted by Gasteiger charge is 2.35. The van der Waals surface area contributed by atoms with E-state index in [1.807, 2.05) is 0 Å². The molecule has 0 aromatic heterocycles. The first-order chi connectivity index (χ1) is 11.8. The van der Waals surface area contributed by atoms with E-state index >= 15 is 0 Å². The Morgan fingerprint density at radius 2 is 1.88 bits per heavy atom. The third-order valence-electron chi connectivity index (χ3n) is 3.47. The van der Waals surface area contributed by atoms with Gasteiger partial charge in [-0.25, -0.2) is 0 Å². The molecule has 2 aromatic rings. The van der Waals surface area contributed by atoms with Gasteiger partial charge in [0.25, 0.3) is 11.1 Å². The van der Waals surface area contributed by atoms with Gasteiger partial charge in [-0.3, -0.25) is 14.5 Å². The summed E-state index contributed by atoms with van der Waals surface area (Å²) in [7, 11) is 0. The Kier molecular flexibility index (Phi) is 5.43. The van der Waals surface area contributed by atoms with Crippen LogP contribution in [0.1, 0.15) is 11.1 Å². The van der Waals surface area contributed by atoms with Crippen LogP contribution < -0.4 is 0 Å². The molecular formula is C17H10BrCl2NO3S. The van der Waals surface area contributed by atoms with Gasteiger partial charge in [-0.1, -0.05) is 35.3 Å². The van der Waals surface area contributed by atoms with Gasteiger partial charge in [0.2, 0.25) is 0 Å². The number of hydrogen-bond donors (Lipinski definition) is 1. The van der Waals surface area contributed by atoms with Crippen molar-refractivity contribution in [3.05, 3.63) is 66.9 Å². The van der Waals surface area contributed by atoms with E-state index in [1.54, 1.807) is 36.4 Å². The number of halogens is 3. The lowest BCUT2D eigenvalue weighted by Crippen LogP contribution is -2.27. The lowest BCUT2D eigenvalue weighted by Gasteiger charge is -2.12. The largest absolute Gasteiger partial charge is 0.507 e. The Morgan fingerprint density at radius 1 is 1.12 bits per heavy atom. The topological polar surface area (TPSA) is 57.6 Å². The maximum Gasteiger partial charge on any atom is 0.293 e. The first kappa shape index (κ1) is 18.3. The van der Waals surface area contributed by atoms with Crippen LogP contribution in [0.5, 0.6) is 5.75 Å². The summed E-state index contributed by atoms with van der Waals surface area (Å²) in [5, 5.41) is 9.96. The summed E-state index contributed by atoms with van der Waals surface area (Å²) in [6.45, 7) is 0.123. The number of nitrogens with zero attached hydrogens (tertiary/aromatic N) is 1. The Bertz CT molecular complexity index is 917. The molecule has 1 aliphatic rings. The fourth-order valence-corrected chi connectivity index (χ4v) is 3.78. The Labute approximate surface area is 166 Å². The van der Waals surface area contributed by atoms with Gasteiger partial charge < -0.3 is 5.11 Å². The summed E-state index contributed by atoms with van der Waals surface area (Å²) in [4.78, 5) is 26.2. The molecule has 0 unspecified atom stereocenters. The molecule has 1 fully saturated rings. The molecule has 1 saturated heterocycles. The molecule has 1 heterocycles. The second-order valence-electron chi connectivity index (χ2n) is 5.23. The molecule has 3 rings (SSSR count). The Balaban J connectivity index is 1.83. The molecule has 0 bridgehead atoms. The van der Waals surface area contributed by atoms with Gasteiger partial charge in [-0.05, 0) is 69.2 Å². The van der Waals surface area contributed by atoms with Gasteiger partial charge in [0, 0.05) is 0 Å². The Hall–Kier alpha value is -1.47. The van der Waals surface area contributed by atoms with Crippen LogP contribution in [0.15, 0.2) is 45.8 Å². The highest BCUT2D eigenvalue weighted by Crippen LogP contribution is 2.35. The molecule has 8 heteroatoms. The molecule has 0 saturated carbocycles. The zero-order valence-electron chi connectivity index (χ0n) is 12.5. The van der Waals surface area contributed by atoms with E-state index in [0.717, 1.165) is 16.7 Å². The average molecular weight is 459 g/mol. The minimum atomic E-state index is -0.370. The van der Waals surface area contributed by atoms with Crippen LogP contribution in [0, 0.1) is 0 Å². The van der Waals surface area contributed by atoms with Crippen molar-refractivity contribution in [1.82, 2.24) is 4.90 Å². The second kappa shape index (κ2) is 7.41. The summed E-state index contributed by atoms with van der Waals surface area (Å²) in [5.41, 5.74) is 1.41. The third-order valence-corrected chi connectivity index (χ3v) is 5.75. The number of phenolic OH excluding ortho intramolecular Hbond substituents is 1. The number of phenols is 1. The standard InChI is InChI=1S/C17H10BrCl2NO3S/c18-11-5-9(2-4-14(11)22)7-15-16(23)21(17(24)25-15)8-10-1-3-12(19)13(20)6-10/h1-7,22H,8H2. The van der Waals surface area contributed by atoms with Crippen LogP contribution in [0.25, 0.3) is 6.08 Å². The molecule has 2 amide bonds. The molecule has 4 nitrogen and oxygen atoms in total. The molecule has 2 aromatic carbocycles. The lowest BCUT2D eigenvalue weighted by molar-refractivity contribution is -0.123. The van der Waals surface area contributed by atoms with Crippen LogP contribution in [-0.2, 0) is 11.3 Å². The van der Waals surface area contributed by atoms with Crippen LogP contribution >= 0.6 is 50.9 Å². The van der Waals surface area contributed by atoms with Crippen LogP contribution in [0.2, 0.25) is 10.0 Å².